The summed E-state index contributed by atoms with van der Waals surface area (Å²) < 4.78 is 28.8. The van der Waals surface area contributed by atoms with Crippen LogP contribution in [0.2, 0.25) is 0 Å². The summed E-state index contributed by atoms with van der Waals surface area (Å²) >= 11 is 0. The molecule has 0 spiro atoms. The average molecular weight is 518 g/mol. The monoisotopic (exact) mass is 517 g/mol. The number of rotatable bonds is 8. The first-order valence-corrected chi connectivity index (χ1v) is 14.1. The first-order valence-electron chi connectivity index (χ1n) is 12.6. The van der Waals surface area contributed by atoms with Crippen molar-refractivity contribution in [3.05, 3.63) is 101 Å². The number of aryl methyl sites for hydroxylation is 2. The van der Waals surface area contributed by atoms with E-state index in [0.717, 1.165) is 41.9 Å². The number of nitrogens with zero attached hydrogens (tertiary/aromatic N) is 3. The van der Waals surface area contributed by atoms with E-state index in [1.54, 1.807) is 35.2 Å². The van der Waals surface area contributed by atoms with Gasteiger partial charge in [0.15, 0.2) is 0 Å². The molecular weight excluding hydrogens is 482 g/mol. The van der Waals surface area contributed by atoms with Crippen molar-refractivity contribution in [2.75, 3.05) is 43.6 Å². The molecule has 1 amide bonds. The molecule has 1 heterocycles. The Balaban J connectivity index is 1.46. The molecule has 0 aliphatic carbocycles. The van der Waals surface area contributed by atoms with E-state index < -0.39 is 10.0 Å². The Morgan fingerprint density at radius 1 is 0.865 bits per heavy atom. The number of piperazine rings is 1. The van der Waals surface area contributed by atoms with Gasteiger partial charge in [-0.05, 0) is 55.7 Å². The molecule has 1 saturated heterocycles. The second kappa shape index (κ2) is 11.8. The van der Waals surface area contributed by atoms with E-state index in [4.69, 9.17) is 0 Å². The van der Waals surface area contributed by atoms with Crippen molar-refractivity contribution in [1.29, 1.82) is 0 Å². The van der Waals surface area contributed by atoms with Gasteiger partial charge in [0.05, 0.1) is 10.6 Å². The van der Waals surface area contributed by atoms with Crippen molar-refractivity contribution in [3.63, 3.8) is 0 Å². The minimum Gasteiger partial charge on any atom is -0.339 e. The fourth-order valence-corrected chi connectivity index (χ4v) is 5.92. The predicted octanol–water partition coefficient (Wildman–Crippen LogP) is 4.66. The second-order valence-electron chi connectivity index (χ2n) is 9.54. The third kappa shape index (κ3) is 6.48. The number of benzene rings is 3. The van der Waals surface area contributed by atoms with Gasteiger partial charge in [-0.15, -0.1) is 0 Å². The molecule has 0 radical (unpaired) electrons. The van der Waals surface area contributed by atoms with Gasteiger partial charge in [0.1, 0.15) is 6.54 Å². The third-order valence-corrected chi connectivity index (χ3v) is 8.71. The number of amides is 1. The molecule has 37 heavy (non-hydrogen) atoms. The van der Waals surface area contributed by atoms with Crippen molar-refractivity contribution >= 4 is 27.7 Å². The molecule has 0 saturated carbocycles. The molecule has 7 heteroatoms. The van der Waals surface area contributed by atoms with Gasteiger partial charge in [0.25, 0.3) is 10.0 Å². The van der Waals surface area contributed by atoms with E-state index in [2.05, 4.69) is 29.2 Å². The summed E-state index contributed by atoms with van der Waals surface area (Å²) in [5.74, 6) is -0.184. The smallest absolute Gasteiger partial charge is 0.264 e. The van der Waals surface area contributed by atoms with Gasteiger partial charge in [-0.3, -0.25) is 14.0 Å². The van der Waals surface area contributed by atoms with Crippen LogP contribution in [0, 0.1) is 20.8 Å². The Morgan fingerprint density at radius 2 is 1.54 bits per heavy atom. The van der Waals surface area contributed by atoms with Gasteiger partial charge in [-0.25, -0.2) is 8.42 Å². The lowest BCUT2D eigenvalue weighted by molar-refractivity contribution is -0.131. The topological polar surface area (TPSA) is 60.9 Å². The number of carbonyl (C=O) groups excluding carboxylic acids is 1. The zero-order chi connectivity index (χ0) is 26.4. The highest BCUT2D eigenvalue weighted by Crippen LogP contribution is 2.29. The minimum atomic E-state index is -3.93. The molecule has 1 aliphatic rings. The molecule has 3 aromatic rings. The zero-order valence-corrected chi connectivity index (χ0v) is 22.6. The van der Waals surface area contributed by atoms with Gasteiger partial charge < -0.3 is 4.90 Å². The second-order valence-corrected chi connectivity index (χ2v) is 11.4. The normalized spacial score (nSPS) is 14.7. The minimum absolute atomic E-state index is 0.182. The first kappa shape index (κ1) is 26.6. The van der Waals surface area contributed by atoms with E-state index in [0.29, 0.717) is 18.8 Å². The summed E-state index contributed by atoms with van der Waals surface area (Å²) in [6.07, 6.45) is 4.25. The molecule has 4 rings (SSSR count). The summed E-state index contributed by atoms with van der Waals surface area (Å²) in [4.78, 5) is 17.7. The first-order chi connectivity index (χ1) is 17.8. The van der Waals surface area contributed by atoms with E-state index in [1.807, 2.05) is 51.1 Å². The van der Waals surface area contributed by atoms with Crippen LogP contribution in [0.25, 0.3) is 6.08 Å². The Hall–Kier alpha value is -3.42. The lowest BCUT2D eigenvalue weighted by Gasteiger charge is -2.35. The van der Waals surface area contributed by atoms with Crippen LogP contribution in [0.1, 0.15) is 22.3 Å². The SMILES string of the molecule is Cc1ccc(S(=O)(=O)N(CC(=O)N2CCN(C/C=C/c3ccccc3)CC2)c2cccc(C)c2C)cc1. The van der Waals surface area contributed by atoms with Crippen molar-refractivity contribution < 1.29 is 13.2 Å². The largest absolute Gasteiger partial charge is 0.339 e. The molecule has 0 unspecified atom stereocenters. The van der Waals surface area contributed by atoms with Gasteiger partial charge in [-0.1, -0.05) is 72.3 Å². The van der Waals surface area contributed by atoms with Crippen LogP contribution in [-0.2, 0) is 14.8 Å². The fraction of sp³-hybridized carbons (Fsp3) is 0.300. The lowest BCUT2D eigenvalue weighted by atomic mass is 10.1. The van der Waals surface area contributed by atoms with Crippen molar-refractivity contribution in [2.24, 2.45) is 0 Å². The van der Waals surface area contributed by atoms with Crippen molar-refractivity contribution in [3.8, 4) is 0 Å². The maximum Gasteiger partial charge on any atom is 0.264 e. The number of hydrogen-bond donors (Lipinski definition) is 0. The highest BCUT2D eigenvalue weighted by atomic mass is 32.2. The molecule has 194 valence electrons. The van der Waals surface area contributed by atoms with Crippen LogP contribution in [0.3, 0.4) is 0 Å². The maximum atomic E-state index is 13.8. The number of anilines is 1. The number of hydrogen-bond acceptors (Lipinski definition) is 4. The van der Waals surface area contributed by atoms with E-state index in [1.165, 1.54) is 4.31 Å². The van der Waals surface area contributed by atoms with Crippen LogP contribution < -0.4 is 4.31 Å². The van der Waals surface area contributed by atoms with E-state index >= 15 is 0 Å². The maximum absolute atomic E-state index is 13.8. The quantitative estimate of drug-likeness (QED) is 0.436. The van der Waals surface area contributed by atoms with Crippen LogP contribution >= 0.6 is 0 Å². The van der Waals surface area contributed by atoms with Crippen molar-refractivity contribution in [1.82, 2.24) is 9.80 Å². The molecule has 3 aromatic carbocycles. The molecule has 0 N–H and O–H groups in total. The molecule has 0 atom stereocenters. The van der Waals surface area contributed by atoms with Gasteiger partial charge in [0.2, 0.25) is 5.91 Å². The third-order valence-electron chi connectivity index (χ3n) is 6.93. The highest BCUT2D eigenvalue weighted by molar-refractivity contribution is 7.92. The van der Waals surface area contributed by atoms with Crippen LogP contribution in [0.4, 0.5) is 5.69 Å². The molecule has 0 bridgehead atoms. The Morgan fingerprint density at radius 3 is 2.22 bits per heavy atom. The Kier molecular flexibility index (Phi) is 8.46. The predicted molar refractivity (Wildman–Crippen MR) is 150 cm³/mol. The van der Waals surface area contributed by atoms with Crippen LogP contribution in [0.15, 0.2) is 83.8 Å². The van der Waals surface area contributed by atoms with Gasteiger partial charge in [-0.2, -0.15) is 0 Å². The molecule has 6 nitrogen and oxygen atoms in total. The zero-order valence-electron chi connectivity index (χ0n) is 21.8. The van der Waals surface area contributed by atoms with Crippen LogP contribution in [-0.4, -0.2) is 63.4 Å². The molecule has 0 aromatic heterocycles. The van der Waals surface area contributed by atoms with E-state index in [9.17, 15) is 13.2 Å². The average Bonchev–Trinajstić information content (AvgIpc) is 2.90. The number of sulfonamides is 1. The molecule has 1 aliphatic heterocycles. The summed E-state index contributed by atoms with van der Waals surface area (Å²) in [6, 6.07) is 22.5. The fourth-order valence-electron chi connectivity index (χ4n) is 4.45. The van der Waals surface area contributed by atoms with Gasteiger partial charge >= 0.3 is 0 Å². The van der Waals surface area contributed by atoms with E-state index in [-0.39, 0.29) is 17.3 Å². The number of carbonyl (C=O) groups is 1. The summed E-state index contributed by atoms with van der Waals surface area (Å²) in [7, 11) is -3.93. The lowest BCUT2D eigenvalue weighted by Crippen LogP contribution is -2.51. The van der Waals surface area contributed by atoms with Crippen molar-refractivity contribution in [2.45, 2.75) is 25.7 Å². The van der Waals surface area contributed by atoms with Crippen LogP contribution in [0.5, 0.6) is 0 Å². The molecular formula is C30H35N3O3S. The Labute approximate surface area is 220 Å². The summed E-state index contributed by atoms with van der Waals surface area (Å²) in [5.41, 5.74) is 4.51. The standard InChI is InChI=1S/C30H35N3O3S/c1-24-14-16-28(17-15-24)37(35,36)33(29-13-7-9-25(2)26(29)3)23-30(34)32-21-19-31(20-22-32)18-8-12-27-10-5-4-6-11-27/h4-17H,18-23H2,1-3H3/b12-8+. The molecule has 1 fully saturated rings. The summed E-state index contributed by atoms with van der Waals surface area (Å²) in [5, 5.41) is 0. The van der Waals surface area contributed by atoms with Gasteiger partial charge in [0, 0.05) is 32.7 Å². The highest BCUT2D eigenvalue weighted by Gasteiger charge is 2.31. The summed E-state index contributed by atoms with van der Waals surface area (Å²) in [6.45, 7) is 8.99. The Bertz CT molecular complexity index is 1340.